The second kappa shape index (κ2) is 11.9. The number of hydrogen-bond donors (Lipinski definition) is 3. The second-order valence-electron chi connectivity index (χ2n) is 8.64. The molecule has 0 radical (unpaired) electrons. The van der Waals surface area contributed by atoms with Crippen LogP contribution in [0.1, 0.15) is 46.6 Å². The molecule has 2 aromatic carbocycles. The minimum atomic E-state index is 0.135. The first-order valence-electron chi connectivity index (χ1n) is 11.4. The Bertz CT molecular complexity index is 945. The Labute approximate surface area is 194 Å². The van der Waals surface area contributed by atoms with Crippen LogP contribution in [0.5, 0.6) is 0 Å². The van der Waals surface area contributed by atoms with Gasteiger partial charge in [-0.2, -0.15) is 0 Å². The van der Waals surface area contributed by atoms with Gasteiger partial charge in [-0.15, -0.1) is 0 Å². The zero-order valence-electron chi connectivity index (χ0n) is 20.3. The fourth-order valence-corrected chi connectivity index (χ4v) is 3.16. The SMILES string of the molecule is C=C(CCc1ccccc1)Nc1ccc(NC(=C)NC2=NCC(C(C)(C)C)=C2)cc1.CC. The summed E-state index contributed by atoms with van der Waals surface area (Å²) in [4.78, 5) is 4.54. The van der Waals surface area contributed by atoms with Crippen molar-refractivity contribution < 1.29 is 0 Å². The van der Waals surface area contributed by atoms with Gasteiger partial charge < -0.3 is 16.0 Å². The molecule has 0 atom stereocenters. The third-order valence-corrected chi connectivity index (χ3v) is 5.03. The van der Waals surface area contributed by atoms with Gasteiger partial charge in [0.25, 0.3) is 0 Å². The standard InChI is InChI=1S/C26H32N4.C2H6/c1-19(11-12-21-9-7-6-8-10-21)28-23-13-15-24(16-14-23)29-20(2)30-25-17-22(18-27-25)26(3,4)5;1-2/h6-10,13-17,28-29H,1-2,11-12,18H2,3-5H3,(H,27,30);1-2H3. The highest BCUT2D eigenvalue weighted by atomic mass is 15.1. The Balaban J connectivity index is 0.00000176. The lowest BCUT2D eigenvalue weighted by Crippen LogP contribution is -2.24. The zero-order chi connectivity index (χ0) is 23.6. The summed E-state index contributed by atoms with van der Waals surface area (Å²) in [7, 11) is 0. The maximum Gasteiger partial charge on any atom is 0.126 e. The number of rotatable bonds is 8. The number of aliphatic imine (C=N–C) groups is 1. The van der Waals surface area contributed by atoms with Crippen LogP contribution in [-0.2, 0) is 6.42 Å². The van der Waals surface area contributed by atoms with Crippen LogP contribution in [0.2, 0.25) is 0 Å². The molecule has 2 aromatic rings. The van der Waals surface area contributed by atoms with Crippen molar-refractivity contribution in [3.63, 3.8) is 0 Å². The molecule has 1 heterocycles. The van der Waals surface area contributed by atoms with Crippen molar-refractivity contribution in [3.8, 4) is 0 Å². The lowest BCUT2D eigenvalue weighted by atomic mass is 9.87. The van der Waals surface area contributed by atoms with Gasteiger partial charge in [0.1, 0.15) is 11.7 Å². The van der Waals surface area contributed by atoms with Gasteiger partial charge in [-0.1, -0.05) is 78.1 Å². The Morgan fingerprint density at radius 2 is 1.47 bits per heavy atom. The number of allylic oxidation sites excluding steroid dienone is 1. The Hall–Kier alpha value is -3.27. The highest BCUT2D eigenvalue weighted by Crippen LogP contribution is 2.27. The number of aryl methyl sites for hydroxylation is 1. The predicted molar refractivity (Wildman–Crippen MR) is 141 cm³/mol. The van der Waals surface area contributed by atoms with Crippen molar-refractivity contribution in [1.82, 2.24) is 5.32 Å². The molecule has 0 amide bonds. The quantitative estimate of drug-likeness (QED) is 0.417. The van der Waals surface area contributed by atoms with Gasteiger partial charge in [-0.05, 0) is 59.7 Å². The summed E-state index contributed by atoms with van der Waals surface area (Å²) in [5, 5.41) is 9.91. The molecule has 0 saturated heterocycles. The van der Waals surface area contributed by atoms with E-state index in [0.29, 0.717) is 5.82 Å². The maximum atomic E-state index is 4.54. The van der Waals surface area contributed by atoms with Crippen molar-refractivity contribution in [1.29, 1.82) is 0 Å². The smallest absolute Gasteiger partial charge is 0.126 e. The number of nitrogens with one attached hydrogen (secondary N) is 3. The fourth-order valence-electron chi connectivity index (χ4n) is 3.16. The molecule has 0 aliphatic carbocycles. The molecule has 3 rings (SSSR count). The van der Waals surface area contributed by atoms with Crippen molar-refractivity contribution in [2.24, 2.45) is 10.4 Å². The van der Waals surface area contributed by atoms with Crippen LogP contribution >= 0.6 is 0 Å². The summed E-state index contributed by atoms with van der Waals surface area (Å²) in [6, 6.07) is 18.6. The van der Waals surface area contributed by atoms with E-state index in [1.807, 2.05) is 44.2 Å². The fraction of sp³-hybridized carbons (Fsp3) is 0.321. The zero-order valence-corrected chi connectivity index (χ0v) is 20.3. The number of hydrogen-bond acceptors (Lipinski definition) is 4. The van der Waals surface area contributed by atoms with E-state index in [1.165, 1.54) is 11.1 Å². The van der Waals surface area contributed by atoms with E-state index in [2.05, 4.69) is 85.2 Å². The van der Waals surface area contributed by atoms with Crippen LogP contribution in [0.4, 0.5) is 11.4 Å². The monoisotopic (exact) mass is 430 g/mol. The van der Waals surface area contributed by atoms with Crippen LogP contribution in [0, 0.1) is 5.41 Å². The molecule has 0 fully saturated rings. The normalized spacial score (nSPS) is 12.7. The van der Waals surface area contributed by atoms with Crippen molar-refractivity contribution in [2.45, 2.75) is 47.5 Å². The molecule has 0 saturated carbocycles. The van der Waals surface area contributed by atoms with Crippen molar-refractivity contribution in [2.75, 3.05) is 17.2 Å². The molecule has 0 unspecified atom stereocenters. The highest BCUT2D eigenvalue weighted by Gasteiger charge is 2.20. The molecule has 4 heteroatoms. The minimum Gasteiger partial charge on any atom is -0.359 e. The average molecular weight is 431 g/mol. The first-order valence-corrected chi connectivity index (χ1v) is 11.4. The van der Waals surface area contributed by atoms with Gasteiger partial charge in [-0.25, -0.2) is 0 Å². The summed E-state index contributed by atoms with van der Waals surface area (Å²) in [6.45, 7) is 19.6. The van der Waals surface area contributed by atoms with E-state index >= 15 is 0 Å². The van der Waals surface area contributed by atoms with Gasteiger partial charge in [0.15, 0.2) is 0 Å². The number of anilines is 2. The van der Waals surface area contributed by atoms with Gasteiger partial charge >= 0.3 is 0 Å². The predicted octanol–water partition coefficient (Wildman–Crippen LogP) is 7.13. The van der Waals surface area contributed by atoms with Crippen LogP contribution in [0.3, 0.4) is 0 Å². The summed E-state index contributed by atoms with van der Waals surface area (Å²) in [6.07, 6.45) is 3.99. The van der Waals surface area contributed by atoms with E-state index < -0.39 is 0 Å². The van der Waals surface area contributed by atoms with E-state index in [4.69, 9.17) is 0 Å². The van der Waals surface area contributed by atoms with Crippen LogP contribution in [-0.4, -0.2) is 12.4 Å². The molecular formula is C28H38N4. The van der Waals surface area contributed by atoms with Gasteiger partial charge in [0.2, 0.25) is 0 Å². The van der Waals surface area contributed by atoms with E-state index in [1.54, 1.807) is 0 Å². The largest absolute Gasteiger partial charge is 0.359 e. The van der Waals surface area contributed by atoms with Crippen molar-refractivity contribution >= 4 is 17.2 Å². The number of benzene rings is 2. The summed E-state index contributed by atoms with van der Waals surface area (Å²) >= 11 is 0. The lowest BCUT2D eigenvalue weighted by Gasteiger charge is -2.18. The van der Waals surface area contributed by atoms with Crippen LogP contribution in [0.15, 0.2) is 95.9 Å². The molecule has 1 aliphatic heterocycles. The topological polar surface area (TPSA) is 48.4 Å². The molecule has 170 valence electrons. The van der Waals surface area contributed by atoms with Crippen LogP contribution < -0.4 is 16.0 Å². The second-order valence-corrected chi connectivity index (χ2v) is 8.64. The van der Waals surface area contributed by atoms with Gasteiger partial charge in [0.05, 0.1) is 6.54 Å². The molecule has 0 bridgehead atoms. The van der Waals surface area contributed by atoms with Gasteiger partial charge in [-0.3, -0.25) is 4.99 Å². The highest BCUT2D eigenvalue weighted by molar-refractivity contribution is 5.97. The summed E-state index contributed by atoms with van der Waals surface area (Å²) in [5.74, 6) is 1.55. The lowest BCUT2D eigenvalue weighted by molar-refractivity contribution is 0.499. The first-order chi connectivity index (χ1) is 15.3. The van der Waals surface area contributed by atoms with Crippen LogP contribution in [0.25, 0.3) is 0 Å². The van der Waals surface area contributed by atoms with E-state index in [0.717, 1.165) is 42.3 Å². The number of amidine groups is 1. The first kappa shape index (κ1) is 25.0. The molecule has 0 spiro atoms. The minimum absolute atomic E-state index is 0.135. The summed E-state index contributed by atoms with van der Waals surface area (Å²) in [5.41, 5.74) is 5.77. The Kier molecular flexibility index (Phi) is 9.33. The molecule has 4 nitrogen and oxygen atoms in total. The third kappa shape index (κ3) is 8.10. The van der Waals surface area contributed by atoms with Gasteiger partial charge in [0, 0.05) is 17.1 Å². The molecule has 0 aromatic heterocycles. The molecule has 32 heavy (non-hydrogen) atoms. The summed E-state index contributed by atoms with van der Waals surface area (Å²) < 4.78 is 0. The third-order valence-electron chi connectivity index (χ3n) is 5.03. The van der Waals surface area contributed by atoms with E-state index in [-0.39, 0.29) is 5.41 Å². The average Bonchev–Trinajstić information content (AvgIpc) is 3.25. The maximum absolute atomic E-state index is 4.54. The Morgan fingerprint density at radius 3 is 2.03 bits per heavy atom. The molecule has 1 aliphatic rings. The molecule has 3 N–H and O–H groups in total. The van der Waals surface area contributed by atoms with E-state index in [9.17, 15) is 0 Å². The number of nitrogens with zero attached hydrogens (tertiary/aromatic N) is 1. The molecular weight excluding hydrogens is 392 g/mol. The van der Waals surface area contributed by atoms with Crippen molar-refractivity contribution in [3.05, 3.63) is 96.5 Å². The Morgan fingerprint density at radius 1 is 0.875 bits per heavy atom.